The van der Waals surface area contributed by atoms with E-state index in [1.165, 1.54) is 6.08 Å². The van der Waals surface area contributed by atoms with E-state index in [2.05, 4.69) is 11.9 Å². The molecular weight excluding hydrogens is 298 g/mol. The van der Waals surface area contributed by atoms with E-state index in [0.29, 0.717) is 10.6 Å². The molecule has 0 aliphatic carbocycles. The summed E-state index contributed by atoms with van der Waals surface area (Å²) in [5.41, 5.74) is 2.42. The highest BCUT2D eigenvalue weighted by molar-refractivity contribution is 6.45. The van der Waals surface area contributed by atoms with Gasteiger partial charge in [-0.3, -0.25) is 19.3 Å². The summed E-state index contributed by atoms with van der Waals surface area (Å²) >= 11 is 0. The van der Waals surface area contributed by atoms with Crippen molar-refractivity contribution < 1.29 is 19.2 Å². The van der Waals surface area contributed by atoms with Crippen molar-refractivity contribution >= 4 is 29.4 Å². The molecule has 7 heteroatoms. The second kappa shape index (κ2) is 6.43. The second-order valence-corrected chi connectivity index (χ2v) is 5.24. The number of anilines is 1. The van der Waals surface area contributed by atoms with Gasteiger partial charge in [-0.25, -0.2) is 9.69 Å². The molecule has 23 heavy (non-hydrogen) atoms. The van der Waals surface area contributed by atoms with Crippen molar-refractivity contribution in [2.24, 2.45) is 0 Å². The van der Waals surface area contributed by atoms with Gasteiger partial charge < -0.3 is 5.32 Å². The molecule has 2 rings (SSSR count). The van der Waals surface area contributed by atoms with Crippen molar-refractivity contribution in [1.29, 1.82) is 0 Å². The molecule has 0 atom stereocenters. The molecule has 1 saturated heterocycles. The summed E-state index contributed by atoms with van der Waals surface area (Å²) in [7, 11) is 0. The SMILES string of the molecule is C=CCN1C(=O)C(=O)N(CC(=O)Nc2cc(C)ccc2C)C1=O. The third kappa shape index (κ3) is 3.28. The first-order valence-corrected chi connectivity index (χ1v) is 7.00. The van der Waals surface area contributed by atoms with Crippen LogP contribution in [0.15, 0.2) is 30.9 Å². The third-order valence-electron chi connectivity index (χ3n) is 3.42. The maximum atomic E-state index is 12.1. The summed E-state index contributed by atoms with van der Waals surface area (Å²) in [4.78, 5) is 49.0. The first-order valence-electron chi connectivity index (χ1n) is 7.00. The number of hydrogen-bond acceptors (Lipinski definition) is 4. The summed E-state index contributed by atoms with van der Waals surface area (Å²) in [6.07, 6.45) is 1.34. The fraction of sp³-hybridized carbons (Fsp3) is 0.250. The van der Waals surface area contributed by atoms with Crippen molar-refractivity contribution in [3.8, 4) is 0 Å². The Balaban J connectivity index is 2.09. The van der Waals surface area contributed by atoms with Gasteiger partial charge in [0.25, 0.3) is 0 Å². The van der Waals surface area contributed by atoms with Crippen LogP contribution < -0.4 is 5.32 Å². The fourth-order valence-electron chi connectivity index (χ4n) is 2.18. The largest absolute Gasteiger partial charge is 0.335 e. The lowest BCUT2D eigenvalue weighted by Gasteiger charge is -2.15. The molecule has 120 valence electrons. The lowest BCUT2D eigenvalue weighted by Crippen LogP contribution is -2.39. The smallest absolute Gasteiger partial charge is 0.324 e. The highest BCUT2D eigenvalue weighted by Gasteiger charge is 2.44. The average molecular weight is 315 g/mol. The Labute approximate surface area is 133 Å². The molecule has 0 aromatic heterocycles. The van der Waals surface area contributed by atoms with Gasteiger partial charge >= 0.3 is 17.8 Å². The van der Waals surface area contributed by atoms with Crippen molar-refractivity contribution in [2.75, 3.05) is 18.4 Å². The summed E-state index contributed by atoms with van der Waals surface area (Å²) < 4.78 is 0. The summed E-state index contributed by atoms with van der Waals surface area (Å²) in [6.45, 7) is 6.56. The molecule has 1 aromatic carbocycles. The Kier molecular flexibility index (Phi) is 4.59. The number of urea groups is 1. The Morgan fingerprint density at radius 1 is 1.17 bits per heavy atom. The molecule has 5 amide bonds. The van der Waals surface area contributed by atoms with E-state index >= 15 is 0 Å². The number of hydrogen-bond donors (Lipinski definition) is 1. The van der Waals surface area contributed by atoms with Crippen LogP contribution >= 0.6 is 0 Å². The fourth-order valence-corrected chi connectivity index (χ4v) is 2.18. The van der Waals surface area contributed by atoms with Crippen LogP contribution in [0.4, 0.5) is 10.5 Å². The zero-order valence-electron chi connectivity index (χ0n) is 13.0. The van der Waals surface area contributed by atoms with E-state index in [-0.39, 0.29) is 6.54 Å². The number of carbonyl (C=O) groups is 4. The van der Waals surface area contributed by atoms with Gasteiger partial charge in [-0.1, -0.05) is 18.2 Å². The molecule has 0 spiro atoms. The molecule has 0 bridgehead atoms. The lowest BCUT2D eigenvalue weighted by atomic mass is 10.1. The molecule has 1 aliphatic rings. The summed E-state index contributed by atoms with van der Waals surface area (Å²) in [5.74, 6) is -2.50. The highest BCUT2D eigenvalue weighted by Crippen LogP contribution is 2.17. The quantitative estimate of drug-likeness (QED) is 0.503. The second-order valence-electron chi connectivity index (χ2n) is 5.24. The van der Waals surface area contributed by atoms with E-state index in [1.54, 1.807) is 6.07 Å². The summed E-state index contributed by atoms with van der Waals surface area (Å²) in [6, 6.07) is 4.74. The number of benzene rings is 1. The average Bonchev–Trinajstić information content (AvgIpc) is 2.69. The molecule has 0 radical (unpaired) electrons. The third-order valence-corrected chi connectivity index (χ3v) is 3.42. The van der Waals surface area contributed by atoms with E-state index in [1.807, 2.05) is 26.0 Å². The van der Waals surface area contributed by atoms with Crippen LogP contribution in [-0.2, 0) is 14.4 Å². The number of imide groups is 2. The van der Waals surface area contributed by atoms with E-state index in [9.17, 15) is 19.2 Å². The minimum Gasteiger partial charge on any atom is -0.324 e. The van der Waals surface area contributed by atoms with Crippen LogP contribution in [0.5, 0.6) is 0 Å². The zero-order valence-corrected chi connectivity index (χ0v) is 13.0. The number of rotatable bonds is 5. The van der Waals surface area contributed by atoms with Gasteiger partial charge in [0.05, 0.1) is 0 Å². The molecule has 0 saturated carbocycles. The number of aryl methyl sites for hydroxylation is 2. The minimum atomic E-state index is -1.01. The van der Waals surface area contributed by atoms with E-state index in [4.69, 9.17) is 0 Å². The van der Waals surface area contributed by atoms with Crippen LogP contribution in [0.2, 0.25) is 0 Å². The topological polar surface area (TPSA) is 86.8 Å². The first kappa shape index (κ1) is 16.4. The van der Waals surface area contributed by atoms with Crippen LogP contribution in [-0.4, -0.2) is 46.6 Å². The van der Waals surface area contributed by atoms with Gasteiger partial charge in [0.2, 0.25) is 5.91 Å². The minimum absolute atomic E-state index is 0.0709. The Hall–Kier alpha value is -2.96. The van der Waals surface area contributed by atoms with Crippen LogP contribution in [0, 0.1) is 13.8 Å². The van der Waals surface area contributed by atoms with Gasteiger partial charge in [0, 0.05) is 12.2 Å². The van der Waals surface area contributed by atoms with Gasteiger partial charge in [0.1, 0.15) is 6.54 Å². The Bertz CT molecular complexity index is 711. The van der Waals surface area contributed by atoms with E-state index in [0.717, 1.165) is 16.0 Å². The van der Waals surface area contributed by atoms with Crippen molar-refractivity contribution in [2.45, 2.75) is 13.8 Å². The van der Waals surface area contributed by atoms with Gasteiger partial charge in [-0.05, 0) is 31.0 Å². The molecule has 1 heterocycles. The monoisotopic (exact) mass is 315 g/mol. The Morgan fingerprint density at radius 2 is 1.83 bits per heavy atom. The first-order chi connectivity index (χ1) is 10.8. The normalized spacial score (nSPS) is 14.4. The summed E-state index contributed by atoms with van der Waals surface area (Å²) in [5, 5.41) is 2.65. The molecule has 1 aromatic rings. The van der Waals surface area contributed by atoms with Crippen LogP contribution in [0.1, 0.15) is 11.1 Å². The number of nitrogens with one attached hydrogen (secondary N) is 1. The Morgan fingerprint density at radius 3 is 2.48 bits per heavy atom. The molecule has 1 N–H and O–H groups in total. The number of nitrogens with zero attached hydrogens (tertiary/aromatic N) is 2. The zero-order chi connectivity index (χ0) is 17.1. The maximum absolute atomic E-state index is 12.1. The van der Waals surface area contributed by atoms with Gasteiger partial charge in [-0.15, -0.1) is 6.58 Å². The van der Waals surface area contributed by atoms with Gasteiger partial charge in [0.15, 0.2) is 0 Å². The van der Waals surface area contributed by atoms with Crippen molar-refractivity contribution in [3.63, 3.8) is 0 Å². The van der Waals surface area contributed by atoms with E-state index < -0.39 is 30.3 Å². The predicted octanol–water partition coefficient (Wildman–Crippen LogP) is 1.22. The molecule has 1 aliphatic heterocycles. The molecule has 0 unspecified atom stereocenters. The molecular formula is C16H17N3O4. The van der Waals surface area contributed by atoms with Crippen LogP contribution in [0.3, 0.4) is 0 Å². The lowest BCUT2D eigenvalue weighted by molar-refractivity contribution is -0.143. The highest BCUT2D eigenvalue weighted by atomic mass is 16.2. The molecule has 1 fully saturated rings. The molecule has 7 nitrogen and oxygen atoms in total. The van der Waals surface area contributed by atoms with Crippen LogP contribution in [0.25, 0.3) is 0 Å². The van der Waals surface area contributed by atoms with Crippen molar-refractivity contribution in [3.05, 3.63) is 42.0 Å². The number of amides is 5. The predicted molar refractivity (Wildman–Crippen MR) is 83.6 cm³/mol. The number of carbonyl (C=O) groups excluding carboxylic acids is 4. The standard InChI is InChI=1S/C16H17N3O4/c1-4-7-18-14(21)15(22)19(16(18)23)9-13(20)17-12-8-10(2)5-6-11(12)3/h4-6,8H,1,7,9H2,2-3H3,(H,17,20). The van der Waals surface area contributed by atoms with Crippen molar-refractivity contribution in [1.82, 2.24) is 9.80 Å². The van der Waals surface area contributed by atoms with Gasteiger partial charge in [-0.2, -0.15) is 0 Å². The maximum Gasteiger partial charge on any atom is 0.335 e.